The summed E-state index contributed by atoms with van der Waals surface area (Å²) in [6.45, 7) is 2.12. The fourth-order valence-electron chi connectivity index (χ4n) is 3.10. The highest BCUT2D eigenvalue weighted by atomic mass is 79.9. The first kappa shape index (κ1) is 20.8. The van der Waals surface area contributed by atoms with Crippen molar-refractivity contribution >= 4 is 38.5 Å². The van der Waals surface area contributed by atoms with E-state index in [9.17, 15) is 14.0 Å². The number of hydrogen-bond acceptors (Lipinski definition) is 4. The van der Waals surface area contributed by atoms with Gasteiger partial charge in [-0.25, -0.2) is 9.18 Å². The van der Waals surface area contributed by atoms with E-state index in [0.717, 1.165) is 16.5 Å². The number of carbonyl (C=O) groups is 1. The van der Waals surface area contributed by atoms with Gasteiger partial charge in [0.1, 0.15) is 23.8 Å². The molecule has 0 aliphatic carbocycles. The molecule has 31 heavy (non-hydrogen) atoms. The average Bonchev–Trinajstić information content (AvgIpc) is 2.74. The molecule has 0 aliphatic heterocycles. The summed E-state index contributed by atoms with van der Waals surface area (Å²) in [6, 6.07) is 18.0. The summed E-state index contributed by atoms with van der Waals surface area (Å²) in [5, 5.41) is 3.41. The quantitative estimate of drug-likeness (QED) is 0.364. The van der Waals surface area contributed by atoms with Crippen molar-refractivity contribution in [3.8, 4) is 5.75 Å². The average molecular weight is 482 g/mol. The zero-order chi connectivity index (χ0) is 22.0. The van der Waals surface area contributed by atoms with Crippen LogP contribution in [0.5, 0.6) is 5.75 Å². The van der Waals surface area contributed by atoms with E-state index in [-0.39, 0.29) is 12.3 Å². The first-order chi connectivity index (χ1) is 14.9. The molecule has 0 bridgehead atoms. The third-order valence-electron chi connectivity index (χ3n) is 4.72. The molecule has 0 radical (unpaired) electrons. The highest BCUT2D eigenvalue weighted by Gasteiger charge is 2.10. The maximum Gasteiger partial charge on any atom is 0.336 e. The second-order valence-corrected chi connectivity index (χ2v) is 7.89. The molecule has 7 heteroatoms. The lowest BCUT2D eigenvalue weighted by Crippen LogP contribution is -2.13. The van der Waals surface area contributed by atoms with Crippen LogP contribution in [0, 0.1) is 12.7 Å². The van der Waals surface area contributed by atoms with Crippen LogP contribution < -0.4 is 15.7 Å². The molecule has 0 unspecified atom stereocenters. The summed E-state index contributed by atoms with van der Waals surface area (Å²) in [7, 11) is 0. The first-order valence-electron chi connectivity index (χ1n) is 9.42. The first-order valence-corrected chi connectivity index (χ1v) is 10.2. The Hall–Kier alpha value is -3.45. The van der Waals surface area contributed by atoms with Crippen molar-refractivity contribution in [3.63, 3.8) is 0 Å². The van der Waals surface area contributed by atoms with Crippen LogP contribution in [-0.2, 0) is 6.61 Å². The molecule has 0 spiro atoms. The Balaban J connectivity index is 1.42. The molecule has 4 aromatic rings. The van der Waals surface area contributed by atoms with E-state index >= 15 is 0 Å². The van der Waals surface area contributed by atoms with E-state index in [2.05, 4.69) is 21.2 Å². The lowest BCUT2D eigenvalue weighted by Gasteiger charge is -2.09. The van der Waals surface area contributed by atoms with Gasteiger partial charge in [-0.15, -0.1) is 0 Å². The van der Waals surface area contributed by atoms with E-state index in [1.54, 1.807) is 36.4 Å². The molecule has 156 valence electrons. The molecule has 1 N–H and O–H groups in total. The number of anilines is 1. The Morgan fingerprint density at radius 1 is 1.06 bits per heavy atom. The molecular formula is C24H17BrFNO4. The molecule has 1 amide bonds. The molecule has 0 fully saturated rings. The van der Waals surface area contributed by atoms with Gasteiger partial charge in [-0.1, -0.05) is 28.1 Å². The summed E-state index contributed by atoms with van der Waals surface area (Å²) in [5.41, 5.74) is 2.26. The lowest BCUT2D eigenvalue weighted by atomic mass is 10.1. The van der Waals surface area contributed by atoms with Gasteiger partial charge in [0.25, 0.3) is 5.91 Å². The minimum atomic E-state index is -0.519. The van der Waals surface area contributed by atoms with Crippen molar-refractivity contribution in [1.29, 1.82) is 0 Å². The number of nitrogens with one attached hydrogen (secondary N) is 1. The van der Waals surface area contributed by atoms with Crippen LogP contribution in [0.1, 0.15) is 21.5 Å². The Bertz CT molecular complexity index is 1330. The number of aryl methyl sites for hydroxylation is 1. The molecule has 4 rings (SSSR count). The van der Waals surface area contributed by atoms with Crippen molar-refractivity contribution in [1.82, 2.24) is 0 Å². The number of rotatable bonds is 5. The minimum Gasteiger partial charge on any atom is -0.489 e. The maximum atomic E-state index is 13.9. The summed E-state index contributed by atoms with van der Waals surface area (Å²) in [6.07, 6.45) is 0. The number of benzene rings is 3. The lowest BCUT2D eigenvalue weighted by molar-refractivity contribution is 0.102. The second-order valence-electron chi connectivity index (χ2n) is 6.97. The molecule has 0 saturated heterocycles. The number of halogens is 2. The number of hydrogen-bond donors (Lipinski definition) is 1. The van der Waals surface area contributed by atoms with Crippen LogP contribution in [0.25, 0.3) is 11.0 Å². The molecule has 0 atom stereocenters. The number of ether oxygens (including phenoxy) is 1. The maximum absolute atomic E-state index is 13.9. The van der Waals surface area contributed by atoms with Crippen molar-refractivity contribution in [2.24, 2.45) is 0 Å². The van der Waals surface area contributed by atoms with Gasteiger partial charge >= 0.3 is 5.63 Å². The van der Waals surface area contributed by atoms with Crippen LogP contribution >= 0.6 is 15.9 Å². The van der Waals surface area contributed by atoms with Gasteiger partial charge in [-0.2, -0.15) is 0 Å². The number of carbonyl (C=O) groups excluding carboxylic acids is 1. The van der Waals surface area contributed by atoms with E-state index in [1.165, 1.54) is 18.2 Å². The highest BCUT2D eigenvalue weighted by molar-refractivity contribution is 9.10. The van der Waals surface area contributed by atoms with Gasteiger partial charge in [-0.05, 0) is 60.5 Å². The van der Waals surface area contributed by atoms with Crippen molar-refractivity contribution in [2.45, 2.75) is 13.5 Å². The Kier molecular flexibility index (Phi) is 5.86. The smallest absolute Gasteiger partial charge is 0.336 e. The van der Waals surface area contributed by atoms with E-state index in [1.807, 2.05) is 19.1 Å². The molecular weight excluding hydrogens is 465 g/mol. The molecule has 3 aromatic carbocycles. The SMILES string of the molecule is Cc1cc(=O)oc2cc(OCc3ccc(C(=O)Nc4ccc(Br)cc4F)cc3)ccc12. The minimum absolute atomic E-state index is 0.110. The van der Waals surface area contributed by atoms with Gasteiger partial charge < -0.3 is 14.5 Å². The monoisotopic (exact) mass is 481 g/mol. The second kappa shape index (κ2) is 8.73. The van der Waals surface area contributed by atoms with Crippen molar-refractivity contribution in [3.05, 3.63) is 104 Å². The van der Waals surface area contributed by atoms with Gasteiger partial charge in [0, 0.05) is 27.6 Å². The molecule has 1 aromatic heterocycles. The van der Waals surface area contributed by atoms with Gasteiger partial charge in [0.2, 0.25) is 0 Å². The molecule has 1 heterocycles. The number of amides is 1. The summed E-state index contributed by atoms with van der Waals surface area (Å²) < 4.78 is 25.5. The van der Waals surface area contributed by atoms with Crippen LogP contribution in [0.3, 0.4) is 0 Å². The summed E-state index contributed by atoms with van der Waals surface area (Å²) in [5.74, 6) is -0.364. The highest BCUT2D eigenvalue weighted by Crippen LogP contribution is 2.23. The predicted octanol–water partition coefficient (Wildman–Crippen LogP) is 5.83. The van der Waals surface area contributed by atoms with Crippen LogP contribution in [0.4, 0.5) is 10.1 Å². The van der Waals surface area contributed by atoms with Gasteiger partial charge in [0.15, 0.2) is 0 Å². The van der Waals surface area contributed by atoms with E-state index in [0.29, 0.717) is 21.4 Å². The Morgan fingerprint density at radius 3 is 2.58 bits per heavy atom. The van der Waals surface area contributed by atoms with E-state index < -0.39 is 17.3 Å². The Morgan fingerprint density at radius 2 is 1.84 bits per heavy atom. The summed E-state index contributed by atoms with van der Waals surface area (Å²) in [4.78, 5) is 23.9. The fraction of sp³-hybridized carbons (Fsp3) is 0.0833. The Labute approximate surface area is 185 Å². The van der Waals surface area contributed by atoms with Crippen LogP contribution in [0.2, 0.25) is 0 Å². The van der Waals surface area contributed by atoms with Crippen molar-refractivity contribution in [2.75, 3.05) is 5.32 Å². The predicted molar refractivity (Wildman–Crippen MR) is 120 cm³/mol. The largest absolute Gasteiger partial charge is 0.489 e. The third-order valence-corrected chi connectivity index (χ3v) is 5.22. The normalized spacial score (nSPS) is 10.8. The topological polar surface area (TPSA) is 68.5 Å². The third kappa shape index (κ3) is 4.83. The fourth-order valence-corrected chi connectivity index (χ4v) is 3.43. The van der Waals surface area contributed by atoms with Gasteiger partial charge in [-0.3, -0.25) is 4.79 Å². The molecule has 5 nitrogen and oxygen atoms in total. The van der Waals surface area contributed by atoms with Crippen LogP contribution in [-0.4, -0.2) is 5.91 Å². The summed E-state index contributed by atoms with van der Waals surface area (Å²) >= 11 is 3.18. The standard InChI is InChI=1S/C24H17BrFNO4/c1-14-10-23(28)31-22-12-18(7-8-19(14)22)30-13-15-2-4-16(5-3-15)24(29)27-21-9-6-17(25)11-20(21)26/h2-12H,13H2,1H3,(H,27,29). The van der Waals surface area contributed by atoms with Gasteiger partial charge in [0.05, 0.1) is 5.69 Å². The van der Waals surface area contributed by atoms with E-state index in [4.69, 9.17) is 9.15 Å². The zero-order valence-electron chi connectivity index (χ0n) is 16.4. The zero-order valence-corrected chi connectivity index (χ0v) is 18.0. The molecule has 0 saturated carbocycles. The molecule has 0 aliphatic rings. The van der Waals surface area contributed by atoms with Crippen LogP contribution in [0.15, 0.2) is 80.4 Å². The number of fused-ring (bicyclic) bond motifs is 1. The van der Waals surface area contributed by atoms with Crippen molar-refractivity contribution < 1.29 is 18.3 Å².